The first-order valence-electron chi connectivity index (χ1n) is 6.28. The molecule has 1 aromatic rings. The van der Waals surface area contributed by atoms with E-state index in [0.29, 0.717) is 32.0 Å². The zero-order valence-electron chi connectivity index (χ0n) is 10.8. The van der Waals surface area contributed by atoms with Gasteiger partial charge in [0.15, 0.2) is 0 Å². The molecule has 0 unspecified atom stereocenters. The molecule has 0 bridgehead atoms. The Hall–Kier alpha value is -1.76. The van der Waals surface area contributed by atoms with Crippen LogP contribution in [-0.2, 0) is 10.9 Å². The first kappa shape index (κ1) is 14.6. The highest BCUT2D eigenvalue weighted by atomic mass is 19.4. The summed E-state index contributed by atoms with van der Waals surface area (Å²) in [4.78, 5) is 1.91. The summed E-state index contributed by atoms with van der Waals surface area (Å²) in [5, 5.41) is 7.50. The van der Waals surface area contributed by atoms with Crippen LogP contribution < -0.4 is 10.6 Å². The number of halogens is 3. The van der Waals surface area contributed by atoms with Gasteiger partial charge in [0.2, 0.25) is 0 Å². The zero-order chi connectivity index (χ0) is 14.8. The average Bonchev–Trinajstić information content (AvgIpc) is 2.65. The standard InChI is InChI=1S/C13H16F3N3O/c14-13(15,16)9-2-3-11(10(8-9)12(17)18)19-4-1-6-20-7-5-19/h2-3,8H,1,4-7H2,(H3,17,18). The summed E-state index contributed by atoms with van der Waals surface area (Å²) < 4.78 is 43.5. The molecule has 0 spiro atoms. The molecule has 0 amide bonds. The number of nitrogen functional groups attached to an aromatic ring is 1. The monoisotopic (exact) mass is 287 g/mol. The second-order valence-corrected chi connectivity index (χ2v) is 4.60. The van der Waals surface area contributed by atoms with Crippen molar-refractivity contribution >= 4 is 11.5 Å². The van der Waals surface area contributed by atoms with Gasteiger partial charge >= 0.3 is 6.18 Å². The van der Waals surface area contributed by atoms with Crippen molar-refractivity contribution < 1.29 is 17.9 Å². The van der Waals surface area contributed by atoms with Gasteiger partial charge in [-0.2, -0.15) is 13.2 Å². The molecule has 110 valence electrons. The van der Waals surface area contributed by atoms with E-state index in [0.717, 1.165) is 18.6 Å². The Morgan fingerprint density at radius 1 is 1.25 bits per heavy atom. The third-order valence-corrected chi connectivity index (χ3v) is 3.18. The van der Waals surface area contributed by atoms with Crippen LogP contribution in [0.5, 0.6) is 0 Å². The van der Waals surface area contributed by atoms with Crippen molar-refractivity contribution in [2.24, 2.45) is 5.73 Å². The molecule has 1 aliphatic rings. The largest absolute Gasteiger partial charge is 0.416 e. The third-order valence-electron chi connectivity index (χ3n) is 3.18. The van der Waals surface area contributed by atoms with Crippen LogP contribution in [0.25, 0.3) is 0 Å². The molecule has 4 nitrogen and oxygen atoms in total. The Labute approximate surface area is 114 Å². The Balaban J connectivity index is 2.39. The number of hydrogen-bond donors (Lipinski definition) is 2. The van der Waals surface area contributed by atoms with E-state index in [9.17, 15) is 13.2 Å². The normalized spacial score (nSPS) is 16.9. The Morgan fingerprint density at radius 3 is 2.65 bits per heavy atom. The highest BCUT2D eigenvalue weighted by Crippen LogP contribution is 2.33. The maximum Gasteiger partial charge on any atom is 0.416 e. The molecular weight excluding hydrogens is 271 g/mol. The molecular formula is C13H16F3N3O. The molecule has 7 heteroatoms. The summed E-state index contributed by atoms with van der Waals surface area (Å²) in [5.41, 5.74) is 5.30. The molecule has 0 aromatic heterocycles. The number of amidine groups is 1. The minimum atomic E-state index is -4.44. The number of alkyl halides is 3. The lowest BCUT2D eigenvalue weighted by Crippen LogP contribution is -2.29. The number of nitrogens with two attached hydrogens (primary N) is 1. The van der Waals surface area contributed by atoms with Crippen molar-refractivity contribution in [3.8, 4) is 0 Å². The summed E-state index contributed by atoms with van der Waals surface area (Å²) in [6.07, 6.45) is -3.65. The highest BCUT2D eigenvalue weighted by Gasteiger charge is 2.31. The predicted octanol–water partition coefficient (Wildman–Crippen LogP) is 2.22. The van der Waals surface area contributed by atoms with Gasteiger partial charge in [0.1, 0.15) is 5.84 Å². The molecule has 0 radical (unpaired) electrons. The van der Waals surface area contributed by atoms with E-state index >= 15 is 0 Å². The second kappa shape index (κ2) is 5.70. The number of rotatable bonds is 2. The molecule has 1 fully saturated rings. The van der Waals surface area contributed by atoms with Crippen molar-refractivity contribution in [2.75, 3.05) is 31.2 Å². The molecule has 20 heavy (non-hydrogen) atoms. The summed E-state index contributed by atoms with van der Waals surface area (Å²) in [5.74, 6) is -0.365. The van der Waals surface area contributed by atoms with Crippen LogP contribution >= 0.6 is 0 Å². The maximum absolute atomic E-state index is 12.7. The summed E-state index contributed by atoms with van der Waals surface area (Å²) in [6.45, 7) is 2.39. The molecule has 3 N–H and O–H groups in total. The molecule has 0 aliphatic carbocycles. The first-order chi connectivity index (χ1) is 9.39. The number of benzene rings is 1. The van der Waals surface area contributed by atoms with E-state index < -0.39 is 11.7 Å². The Morgan fingerprint density at radius 2 is 2.00 bits per heavy atom. The van der Waals surface area contributed by atoms with Crippen molar-refractivity contribution in [3.05, 3.63) is 29.3 Å². The first-order valence-corrected chi connectivity index (χ1v) is 6.28. The van der Waals surface area contributed by atoms with Gasteiger partial charge in [-0.05, 0) is 24.6 Å². The van der Waals surface area contributed by atoms with Crippen molar-refractivity contribution in [2.45, 2.75) is 12.6 Å². The van der Waals surface area contributed by atoms with Gasteiger partial charge in [0.25, 0.3) is 0 Å². The van der Waals surface area contributed by atoms with Crippen LogP contribution in [0.4, 0.5) is 18.9 Å². The molecule has 2 rings (SSSR count). The van der Waals surface area contributed by atoms with E-state index in [-0.39, 0.29) is 11.4 Å². The number of ether oxygens (including phenoxy) is 1. The predicted molar refractivity (Wildman–Crippen MR) is 70.1 cm³/mol. The highest BCUT2D eigenvalue weighted by molar-refractivity contribution is 6.00. The van der Waals surface area contributed by atoms with Gasteiger partial charge in [-0.3, -0.25) is 5.41 Å². The number of nitrogens with one attached hydrogen (secondary N) is 1. The van der Waals surface area contributed by atoms with E-state index in [1.165, 1.54) is 6.07 Å². The van der Waals surface area contributed by atoms with Crippen molar-refractivity contribution in [3.63, 3.8) is 0 Å². The van der Waals surface area contributed by atoms with Crippen molar-refractivity contribution in [1.29, 1.82) is 5.41 Å². The van der Waals surface area contributed by atoms with Crippen LogP contribution in [0.2, 0.25) is 0 Å². The second-order valence-electron chi connectivity index (χ2n) is 4.60. The summed E-state index contributed by atoms with van der Waals surface area (Å²) in [7, 11) is 0. The molecule has 1 aromatic carbocycles. The van der Waals surface area contributed by atoms with Crippen LogP contribution in [0, 0.1) is 5.41 Å². The lowest BCUT2D eigenvalue weighted by atomic mass is 10.1. The van der Waals surface area contributed by atoms with Gasteiger partial charge in [-0.15, -0.1) is 0 Å². The average molecular weight is 287 g/mol. The van der Waals surface area contributed by atoms with E-state index in [2.05, 4.69) is 0 Å². The quantitative estimate of drug-likeness (QED) is 0.647. The van der Waals surface area contributed by atoms with E-state index in [1.54, 1.807) is 0 Å². The van der Waals surface area contributed by atoms with E-state index in [1.807, 2.05) is 4.90 Å². The zero-order valence-corrected chi connectivity index (χ0v) is 10.8. The summed E-state index contributed by atoms with van der Waals surface area (Å²) >= 11 is 0. The van der Waals surface area contributed by atoms with Crippen LogP contribution in [0.15, 0.2) is 18.2 Å². The van der Waals surface area contributed by atoms with E-state index in [4.69, 9.17) is 15.9 Å². The molecule has 1 saturated heterocycles. The van der Waals surface area contributed by atoms with Gasteiger partial charge in [-0.25, -0.2) is 0 Å². The number of nitrogens with zero attached hydrogens (tertiary/aromatic N) is 1. The topological polar surface area (TPSA) is 62.3 Å². The summed E-state index contributed by atoms with van der Waals surface area (Å²) in [6, 6.07) is 3.34. The Kier molecular flexibility index (Phi) is 4.17. The lowest BCUT2D eigenvalue weighted by Gasteiger charge is -2.25. The lowest BCUT2D eigenvalue weighted by molar-refractivity contribution is -0.137. The minimum Gasteiger partial charge on any atom is -0.384 e. The fraction of sp³-hybridized carbons (Fsp3) is 0.462. The molecule has 0 atom stereocenters. The fourth-order valence-electron chi connectivity index (χ4n) is 2.19. The van der Waals surface area contributed by atoms with Crippen LogP contribution in [0.3, 0.4) is 0 Å². The maximum atomic E-state index is 12.7. The number of anilines is 1. The SMILES string of the molecule is N=C(N)c1cc(C(F)(F)F)ccc1N1CCCOCC1. The minimum absolute atomic E-state index is 0.113. The van der Waals surface area contributed by atoms with Gasteiger partial charge in [0, 0.05) is 30.9 Å². The third kappa shape index (κ3) is 3.22. The number of hydrogen-bond acceptors (Lipinski definition) is 3. The smallest absolute Gasteiger partial charge is 0.384 e. The van der Waals surface area contributed by atoms with Gasteiger partial charge < -0.3 is 15.4 Å². The molecule has 0 saturated carbocycles. The van der Waals surface area contributed by atoms with Crippen LogP contribution in [0.1, 0.15) is 17.5 Å². The van der Waals surface area contributed by atoms with Gasteiger partial charge in [0.05, 0.1) is 12.2 Å². The molecule has 1 aliphatic heterocycles. The molecule has 1 heterocycles. The Bertz CT molecular complexity index is 494. The van der Waals surface area contributed by atoms with Crippen molar-refractivity contribution in [1.82, 2.24) is 0 Å². The van der Waals surface area contributed by atoms with Gasteiger partial charge in [-0.1, -0.05) is 0 Å². The van der Waals surface area contributed by atoms with Crippen LogP contribution in [-0.4, -0.2) is 32.1 Å². The fourth-order valence-corrected chi connectivity index (χ4v) is 2.19.